The molecule has 16 heavy (non-hydrogen) atoms. The van der Waals surface area contributed by atoms with E-state index in [-0.39, 0.29) is 15.1 Å². The van der Waals surface area contributed by atoms with E-state index in [9.17, 15) is 4.79 Å². The first kappa shape index (κ1) is 11.1. The SMILES string of the molecule is O=c1c(=S)c(Cl)c[nH]n1Cc1ccccc1. The second-order valence-electron chi connectivity index (χ2n) is 3.33. The van der Waals surface area contributed by atoms with Gasteiger partial charge in [0.2, 0.25) is 0 Å². The highest BCUT2D eigenvalue weighted by molar-refractivity contribution is 7.71. The van der Waals surface area contributed by atoms with Crippen LogP contribution in [-0.2, 0) is 6.54 Å². The molecule has 3 nitrogen and oxygen atoms in total. The zero-order valence-corrected chi connectivity index (χ0v) is 9.89. The summed E-state index contributed by atoms with van der Waals surface area (Å²) in [6.07, 6.45) is 1.52. The van der Waals surface area contributed by atoms with Gasteiger partial charge in [-0.15, -0.1) is 0 Å². The van der Waals surface area contributed by atoms with Crippen molar-refractivity contribution in [3.63, 3.8) is 0 Å². The predicted molar refractivity (Wildman–Crippen MR) is 66.4 cm³/mol. The Morgan fingerprint density at radius 1 is 1.31 bits per heavy atom. The molecule has 2 rings (SSSR count). The molecule has 2 aromatic rings. The topological polar surface area (TPSA) is 37.8 Å². The lowest BCUT2D eigenvalue weighted by atomic mass is 10.2. The number of halogens is 1. The van der Waals surface area contributed by atoms with Crippen LogP contribution in [-0.4, -0.2) is 9.78 Å². The Bertz CT molecular complexity index is 603. The summed E-state index contributed by atoms with van der Waals surface area (Å²) >= 11 is 10.7. The van der Waals surface area contributed by atoms with Crippen molar-refractivity contribution in [3.05, 3.63) is 62.0 Å². The van der Waals surface area contributed by atoms with E-state index < -0.39 is 0 Å². The molecule has 1 N–H and O–H groups in total. The average molecular weight is 253 g/mol. The Kier molecular flexibility index (Phi) is 3.22. The second kappa shape index (κ2) is 4.63. The number of nitrogens with one attached hydrogen (secondary N) is 1. The zero-order valence-electron chi connectivity index (χ0n) is 8.31. The van der Waals surface area contributed by atoms with Crippen LogP contribution < -0.4 is 5.56 Å². The largest absolute Gasteiger partial charge is 0.301 e. The molecule has 0 spiro atoms. The molecule has 1 heterocycles. The number of hydrogen-bond donors (Lipinski definition) is 1. The Balaban J connectivity index is 2.41. The fraction of sp³-hybridized carbons (Fsp3) is 0.0909. The fourth-order valence-corrected chi connectivity index (χ4v) is 1.67. The molecule has 82 valence electrons. The summed E-state index contributed by atoms with van der Waals surface area (Å²) in [5.74, 6) is 0. The number of aromatic nitrogens is 2. The van der Waals surface area contributed by atoms with E-state index in [1.807, 2.05) is 30.3 Å². The molecule has 1 aromatic carbocycles. The van der Waals surface area contributed by atoms with E-state index in [4.69, 9.17) is 23.8 Å². The zero-order chi connectivity index (χ0) is 11.5. The summed E-state index contributed by atoms with van der Waals surface area (Å²) in [6.45, 7) is 0.459. The average Bonchev–Trinajstić information content (AvgIpc) is 2.31. The van der Waals surface area contributed by atoms with Crippen LogP contribution in [0.4, 0.5) is 0 Å². The highest BCUT2D eigenvalue weighted by Gasteiger charge is 2.02. The van der Waals surface area contributed by atoms with Crippen LogP contribution in [0, 0.1) is 4.51 Å². The van der Waals surface area contributed by atoms with Gasteiger partial charge in [-0.3, -0.25) is 4.79 Å². The van der Waals surface area contributed by atoms with Gasteiger partial charge in [0.1, 0.15) is 4.51 Å². The molecule has 0 unspecified atom stereocenters. The lowest BCUT2D eigenvalue weighted by molar-refractivity contribution is 0.637. The molecule has 0 aliphatic heterocycles. The molecule has 1 aromatic heterocycles. The molecule has 0 saturated heterocycles. The first-order valence-electron chi connectivity index (χ1n) is 4.70. The van der Waals surface area contributed by atoms with E-state index in [1.165, 1.54) is 10.9 Å². The van der Waals surface area contributed by atoms with Gasteiger partial charge in [-0.25, -0.2) is 4.68 Å². The third-order valence-electron chi connectivity index (χ3n) is 2.19. The first-order chi connectivity index (χ1) is 7.68. The van der Waals surface area contributed by atoms with Crippen molar-refractivity contribution in [1.82, 2.24) is 9.78 Å². The van der Waals surface area contributed by atoms with Gasteiger partial charge in [0.15, 0.2) is 0 Å². The maximum atomic E-state index is 11.7. The van der Waals surface area contributed by atoms with Crippen LogP contribution in [0.2, 0.25) is 5.02 Å². The lowest BCUT2D eigenvalue weighted by Crippen LogP contribution is -2.23. The van der Waals surface area contributed by atoms with Crippen LogP contribution in [0.25, 0.3) is 0 Å². The minimum absolute atomic E-state index is 0.149. The van der Waals surface area contributed by atoms with Crippen LogP contribution in [0.3, 0.4) is 0 Å². The number of rotatable bonds is 2. The summed E-state index contributed by atoms with van der Waals surface area (Å²) in [6, 6.07) is 9.65. The Hall–Kier alpha value is -1.39. The van der Waals surface area contributed by atoms with E-state index in [0.717, 1.165) is 5.56 Å². The molecular formula is C11H9ClN2OS. The van der Waals surface area contributed by atoms with Crippen molar-refractivity contribution >= 4 is 23.8 Å². The Labute approximate surface area is 102 Å². The highest BCUT2D eigenvalue weighted by Crippen LogP contribution is 2.05. The van der Waals surface area contributed by atoms with Crippen molar-refractivity contribution in [2.24, 2.45) is 0 Å². The van der Waals surface area contributed by atoms with Crippen molar-refractivity contribution < 1.29 is 0 Å². The van der Waals surface area contributed by atoms with Crippen LogP contribution in [0.15, 0.2) is 41.3 Å². The summed E-state index contributed by atoms with van der Waals surface area (Å²) in [5.41, 5.74) is 0.754. The van der Waals surface area contributed by atoms with Crippen molar-refractivity contribution in [2.75, 3.05) is 0 Å². The van der Waals surface area contributed by atoms with Gasteiger partial charge < -0.3 is 5.10 Å². The van der Waals surface area contributed by atoms with Gasteiger partial charge in [0.25, 0.3) is 5.56 Å². The van der Waals surface area contributed by atoms with Crippen molar-refractivity contribution in [2.45, 2.75) is 6.54 Å². The lowest BCUT2D eigenvalue weighted by Gasteiger charge is -2.05. The molecule has 0 radical (unpaired) electrons. The number of aromatic amines is 1. The number of nitrogens with zero attached hydrogens (tertiary/aromatic N) is 1. The quantitative estimate of drug-likeness (QED) is 0.835. The maximum absolute atomic E-state index is 11.7. The van der Waals surface area contributed by atoms with E-state index in [0.29, 0.717) is 6.54 Å². The van der Waals surface area contributed by atoms with Gasteiger partial charge in [0, 0.05) is 6.20 Å². The minimum Gasteiger partial charge on any atom is -0.301 e. The number of H-pyrrole nitrogens is 1. The molecule has 0 atom stereocenters. The minimum atomic E-state index is -0.272. The predicted octanol–water partition coefficient (Wildman–Crippen LogP) is 2.61. The third-order valence-corrected chi connectivity index (χ3v) is 2.99. The normalized spacial score (nSPS) is 10.3. The number of benzene rings is 1. The summed E-state index contributed by atoms with van der Waals surface area (Å²) < 4.78 is 1.58. The fourth-order valence-electron chi connectivity index (χ4n) is 1.37. The molecule has 0 amide bonds. The van der Waals surface area contributed by atoms with Crippen LogP contribution in [0.5, 0.6) is 0 Å². The number of hydrogen-bond acceptors (Lipinski definition) is 2. The molecule has 0 bridgehead atoms. The van der Waals surface area contributed by atoms with Gasteiger partial charge in [-0.2, -0.15) is 0 Å². The molecule has 0 saturated carbocycles. The highest BCUT2D eigenvalue weighted by atomic mass is 35.5. The van der Waals surface area contributed by atoms with E-state index >= 15 is 0 Å². The van der Waals surface area contributed by atoms with Crippen LogP contribution >= 0.6 is 23.8 Å². The Morgan fingerprint density at radius 3 is 2.69 bits per heavy atom. The van der Waals surface area contributed by atoms with Gasteiger partial charge in [-0.05, 0) is 5.56 Å². The monoisotopic (exact) mass is 252 g/mol. The standard InChI is InChI=1S/C11H9ClN2OS/c12-9-6-13-14(11(15)10(9)16)7-8-4-2-1-3-5-8/h1-6,13H,7H2. The maximum Gasteiger partial charge on any atom is 0.285 e. The Morgan fingerprint density at radius 2 is 2.00 bits per heavy atom. The first-order valence-corrected chi connectivity index (χ1v) is 5.49. The molecule has 0 aliphatic rings. The summed E-state index contributed by atoms with van der Waals surface area (Å²) in [4.78, 5) is 11.7. The third kappa shape index (κ3) is 2.23. The molecule has 5 heteroatoms. The molecule has 0 fully saturated rings. The summed E-state index contributed by atoms with van der Waals surface area (Å²) in [7, 11) is 0. The van der Waals surface area contributed by atoms with E-state index in [2.05, 4.69) is 5.10 Å². The summed E-state index contributed by atoms with van der Waals surface area (Å²) in [5, 5.41) is 3.08. The van der Waals surface area contributed by atoms with Gasteiger partial charge >= 0.3 is 0 Å². The van der Waals surface area contributed by atoms with E-state index in [1.54, 1.807) is 0 Å². The van der Waals surface area contributed by atoms with Crippen molar-refractivity contribution in [3.8, 4) is 0 Å². The molecule has 0 aliphatic carbocycles. The van der Waals surface area contributed by atoms with Gasteiger partial charge in [-0.1, -0.05) is 54.2 Å². The van der Waals surface area contributed by atoms with Crippen molar-refractivity contribution in [1.29, 1.82) is 0 Å². The smallest absolute Gasteiger partial charge is 0.285 e. The van der Waals surface area contributed by atoms with Gasteiger partial charge in [0.05, 0.1) is 11.6 Å². The molecular weight excluding hydrogens is 244 g/mol. The second-order valence-corrected chi connectivity index (χ2v) is 4.14. The van der Waals surface area contributed by atoms with Crippen LogP contribution in [0.1, 0.15) is 5.56 Å².